The van der Waals surface area contributed by atoms with E-state index in [2.05, 4.69) is 5.32 Å². The zero-order valence-electron chi connectivity index (χ0n) is 13.6. The van der Waals surface area contributed by atoms with Crippen molar-refractivity contribution in [3.63, 3.8) is 0 Å². The maximum absolute atomic E-state index is 12.9. The van der Waals surface area contributed by atoms with Crippen molar-refractivity contribution in [3.8, 4) is 0 Å². The molecular weight excluding hydrogens is 304 g/mol. The molecule has 0 saturated carbocycles. The minimum Gasteiger partial charge on any atom is -0.472 e. The first-order valence-corrected chi connectivity index (χ1v) is 8.40. The lowest BCUT2D eigenvalue weighted by molar-refractivity contribution is -0.122. The average Bonchev–Trinajstić information content (AvgIpc) is 3.15. The Morgan fingerprint density at radius 2 is 1.96 bits per heavy atom. The second kappa shape index (κ2) is 7.81. The lowest BCUT2D eigenvalue weighted by atomic mass is 9.99. The number of amides is 2. The van der Waals surface area contributed by atoms with Crippen LogP contribution in [0.5, 0.6) is 0 Å². The molecule has 1 fully saturated rings. The highest BCUT2D eigenvalue weighted by Crippen LogP contribution is 2.27. The van der Waals surface area contributed by atoms with Crippen LogP contribution in [0, 0.1) is 0 Å². The normalized spacial score (nSPS) is 19.6. The van der Waals surface area contributed by atoms with Crippen LogP contribution in [0.25, 0.3) is 0 Å². The zero-order valence-corrected chi connectivity index (χ0v) is 13.6. The molecule has 24 heavy (non-hydrogen) atoms. The molecule has 5 heteroatoms. The summed E-state index contributed by atoms with van der Waals surface area (Å²) in [4.78, 5) is 27.0. The number of carbonyl (C=O) groups excluding carboxylic acids is 2. The molecule has 2 amide bonds. The molecule has 3 rings (SSSR count). The van der Waals surface area contributed by atoms with Crippen molar-refractivity contribution in [2.45, 2.75) is 31.7 Å². The van der Waals surface area contributed by atoms with Crippen LogP contribution < -0.4 is 5.32 Å². The lowest BCUT2D eigenvalue weighted by Gasteiger charge is -2.32. The summed E-state index contributed by atoms with van der Waals surface area (Å²) in [5.41, 5.74) is 1.50. The van der Waals surface area contributed by atoms with Crippen molar-refractivity contribution < 1.29 is 14.0 Å². The van der Waals surface area contributed by atoms with Crippen LogP contribution >= 0.6 is 0 Å². The van der Waals surface area contributed by atoms with Gasteiger partial charge in [0.2, 0.25) is 5.91 Å². The van der Waals surface area contributed by atoms with Crippen molar-refractivity contribution in [2.24, 2.45) is 0 Å². The second-order valence-electron chi connectivity index (χ2n) is 6.05. The summed E-state index contributed by atoms with van der Waals surface area (Å²) >= 11 is 0. The number of rotatable bonds is 2. The third-order valence-corrected chi connectivity index (χ3v) is 4.37. The molecule has 1 saturated heterocycles. The Morgan fingerprint density at radius 1 is 1.12 bits per heavy atom. The average molecular weight is 326 g/mol. The predicted octanol–water partition coefficient (Wildman–Crippen LogP) is 3.15. The number of benzene rings is 1. The van der Waals surface area contributed by atoms with Gasteiger partial charge in [-0.05, 0) is 30.9 Å². The Hall–Kier alpha value is -2.56. The fraction of sp³-hybridized carbons (Fsp3) is 0.368. The number of nitrogens with zero attached hydrogens (tertiary/aromatic N) is 1. The van der Waals surface area contributed by atoms with Gasteiger partial charge < -0.3 is 14.6 Å². The molecule has 1 unspecified atom stereocenters. The van der Waals surface area contributed by atoms with Gasteiger partial charge in [-0.25, -0.2) is 0 Å². The fourth-order valence-corrected chi connectivity index (χ4v) is 3.09. The summed E-state index contributed by atoms with van der Waals surface area (Å²) in [6.45, 7) is 1.34. The first-order valence-electron chi connectivity index (χ1n) is 8.40. The molecule has 1 atom stereocenters. The van der Waals surface area contributed by atoms with Crippen LogP contribution in [0.1, 0.15) is 47.6 Å². The van der Waals surface area contributed by atoms with E-state index in [0.717, 1.165) is 24.8 Å². The standard InChI is InChI=1S/C19H22N2O3/c22-18-13-17(15-7-3-1-4-8-15)21(11-6-2-5-10-20-18)19(23)16-9-12-24-14-16/h1,3-4,7-9,12,14,17H,2,5-6,10-11,13H2,(H,20,22). The van der Waals surface area contributed by atoms with Gasteiger partial charge in [-0.15, -0.1) is 0 Å². The third kappa shape index (κ3) is 3.85. The molecule has 1 aromatic carbocycles. The van der Waals surface area contributed by atoms with Gasteiger partial charge in [0.15, 0.2) is 0 Å². The zero-order chi connectivity index (χ0) is 16.8. The van der Waals surface area contributed by atoms with Gasteiger partial charge in [0.25, 0.3) is 5.91 Å². The quantitative estimate of drug-likeness (QED) is 0.922. The van der Waals surface area contributed by atoms with E-state index in [9.17, 15) is 9.59 Å². The largest absolute Gasteiger partial charge is 0.472 e. The maximum Gasteiger partial charge on any atom is 0.257 e. The van der Waals surface area contributed by atoms with Gasteiger partial charge in [-0.1, -0.05) is 30.3 Å². The van der Waals surface area contributed by atoms with Crippen LogP contribution in [-0.4, -0.2) is 29.8 Å². The molecule has 2 aromatic rings. The monoisotopic (exact) mass is 326 g/mol. The van der Waals surface area contributed by atoms with Crippen LogP contribution in [0.3, 0.4) is 0 Å². The van der Waals surface area contributed by atoms with Crippen molar-refractivity contribution >= 4 is 11.8 Å². The molecule has 1 N–H and O–H groups in total. The minimum atomic E-state index is -0.272. The smallest absolute Gasteiger partial charge is 0.257 e. The van der Waals surface area contributed by atoms with Crippen molar-refractivity contribution in [2.75, 3.05) is 13.1 Å². The summed E-state index contributed by atoms with van der Waals surface area (Å²) in [5.74, 6) is -0.110. The predicted molar refractivity (Wildman–Crippen MR) is 90.4 cm³/mol. The van der Waals surface area contributed by atoms with Gasteiger partial charge >= 0.3 is 0 Å². The molecule has 126 valence electrons. The second-order valence-corrected chi connectivity index (χ2v) is 6.05. The fourth-order valence-electron chi connectivity index (χ4n) is 3.09. The first-order chi connectivity index (χ1) is 11.8. The van der Waals surface area contributed by atoms with Crippen LogP contribution in [0.15, 0.2) is 53.3 Å². The van der Waals surface area contributed by atoms with Crippen LogP contribution in [0.4, 0.5) is 0 Å². The lowest BCUT2D eigenvalue weighted by Crippen LogP contribution is -2.39. The Labute approximate surface area is 141 Å². The molecule has 0 spiro atoms. The number of carbonyl (C=O) groups is 2. The Morgan fingerprint density at radius 3 is 2.71 bits per heavy atom. The highest BCUT2D eigenvalue weighted by Gasteiger charge is 2.28. The van der Waals surface area contributed by atoms with Gasteiger partial charge in [0.05, 0.1) is 24.3 Å². The highest BCUT2D eigenvalue weighted by molar-refractivity contribution is 5.94. The highest BCUT2D eigenvalue weighted by atomic mass is 16.3. The van der Waals surface area contributed by atoms with E-state index in [4.69, 9.17) is 4.42 Å². The van der Waals surface area contributed by atoms with Crippen molar-refractivity contribution in [1.29, 1.82) is 0 Å². The number of hydrogen-bond acceptors (Lipinski definition) is 3. The summed E-state index contributed by atoms with van der Waals surface area (Å²) < 4.78 is 5.06. The molecule has 1 aliphatic heterocycles. The molecule has 5 nitrogen and oxygen atoms in total. The number of hydrogen-bond donors (Lipinski definition) is 1. The summed E-state index contributed by atoms with van der Waals surface area (Å²) in [5, 5.41) is 2.95. The van der Waals surface area contributed by atoms with E-state index in [1.54, 1.807) is 6.07 Å². The van der Waals surface area contributed by atoms with E-state index in [1.807, 2.05) is 35.2 Å². The molecule has 0 radical (unpaired) electrons. The Kier molecular flexibility index (Phi) is 5.31. The van der Waals surface area contributed by atoms with E-state index >= 15 is 0 Å². The molecule has 1 aromatic heterocycles. The molecule has 0 aliphatic carbocycles. The van der Waals surface area contributed by atoms with Crippen LogP contribution in [-0.2, 0) is 4.79 Å². The van der Waals surface area contributed by atoms with Crippen molar-refractivity contribution in [1.82, 2.24) is 10.2 Å². The van der Waals surface area contributed by atoms with Gasteiger partial charge in [0.1, 0.15) is 6.26 Å². The molecule has 1 aliphatic rings. The Balaban J connectivity index is 1.93. The Bertz CT molecular complexity index is 667. The van der Waals surface area contributed by atoms with E-state index in [1.165, 1.54) is 12.5 Å². The third-order valence-electron chi connectivity index (χ3n) is 4.37. The summed E-state index contributed by atoms with van der Waals surface area (Å²) in [6.07, 6.45) is 6.07. The SMILES string of the molecule is O=C1CC(c2ccccc2)N(C(=O)c2ccoc2)CCCCCN1. The van der Waals surface area contributed by atoms with Gasteiger partial charge in [-0.2, -0.15) is 0 Å². The topological polar surface area (TPSA) is 62.6 Å². The van der Waals surface area contributed by atoms with E-state index in [0.29, 0.717) is 18.7 Å². The van der Waals surface area contributed by atoms with Gasteiger partial charge in [0, 0.05) is 13.1 Å². The number of nitrogens with one attached hydrogen (secondary N) is 1. The van der Waals surface area contributed by atoms with E-state index < -0.39 is 0 Å². The molecular formula is C19H22N2O3. The molecule has 0 bridgehead atoms. The first kappa shape index (κ1) is 16.3. The summed E-state index contributed by atoms with van der Waals surface area (Å²) in [6, 6.07) is 11.2. The number of furan rings is 1. The maximum atomic E-state index is 12.9. The minimum absolute atomic E-state index is 0.0178. The van der Waals surface area contributed by atoms with E-state index in [-0.39, 0.29) is 24.3 Å². The van der Waals surface area contributed by atoms with Gasteiger partial charge in [-0.3, -0.25) is 9.59 Å². The summed E-state index contributed by atoms with van der Waals surface area (Å²) in [7, 11) is 0. The van der Waals surface area contributed by atoms with Crippen LogP contribution in [0.2, 0.25) is 0 Å². The molecule has 2 heterocycles. The van der Waals surface area contributed by atoms with Crippen molar-refractivity contribution in [3.05, 3.63) is 60.1 Å².